The standard InChI is InChI=1S/C13H11ClO/c14-13(11-7-3-1-4-8-11)15-12-9-5-2-6-10-12/h1-10,13H. The number of para-hydroxylation sites is 1. The zero-order valence-corrected chi connectivity index (χ0v) is 8.89. The Kier molecular flexibility index (Phi) is 3.25. The summed E-state index contributed by atoms with van der Waals surface area (Å²) in [6, 6.07) is 19.3. The van der Waals surface area contributed by atoms with E-state index in [4.69, 9.17) is 16.3 Å². The zero-order valence-electron chi connectivity index (χ0n) is 8.14. The van der Waals surface area contributed by atoms with E-state index < -0.39 is 5.56 Å². The molecular formula is C13H11ClO. The van der Waals surface area contributed by atoms with Gasteiger partial charge in [-0.05, 0) is 12.1 Å². The normalized spacial score (nSPS) is 12.1. The van der Waals surface area contributed by atoms with Crippen LogP contribution >= 0.6 is 11.6 Å². The van der Waals surface area contributed by atoms with Crippen LogP contribution in [0.5, 0.6) is 5.75 Å². The summed E-state index contributed by atoms with van der Waals surface area (Å²) in [6.45, 7) is 0. The van der Waals surface area contributed by atoms with Gasteiger partial charge < -0.3 is 4.74 Å². The van der Waals surface area contributed by atoms with Crippen LogP contribution in [0.25, 0.3) is 0 Å². The molecule has 0 fully saturated rings. The molecule has 0 radical (unpaired) electrons. The maximum Gasteiger partial charge on any atom is 0.197 e. The molecule has 0 aliphatic carbocycles. The lowest BCUT2D eigenvalue weighted by molar-refractivity contribution is 0.288. The lowest BCUT2D eigenvalue weighted by atomic mass is 10.2. The summed E-state index contributed by atoms with van der Waals surface area (Å²) in [5.41, 5.74) is 0.525. The van der Waals surface area contributed by atoms with E-state index in [-0.39, 0.29) is 0 Å². The number of rotatable bonds is 3. The highest BCUT2D eigenvalue weighted by Gasteiger charge is 2.07. The van der Waals surface area contributed by atoms with Crippen molar-refractivity contribution in [1.82, 2.24) is 0 Å². The number of halogens is 1. The molecule has 0 saturated heterocycles. The van der Waals surface area contributed by atoms with Crippen molar-refractivity contribution in [2.24, 2.45) is 0 Å². The van der Waals surface area contributed by atoms with E-state index in [0.29, 0.717) is 0 Å². The molecule has 1 atom stereocenters. The van der Waals surface area contributed by atoms with Gasteiger partial charge in [0.05, 0.1) is 0 Å². The van der Waals surface area contributed by atoms with E-state index in [1.54, 1.807) is 0 Å². The van der Waals surface area contributed by atoms with Crippen LogP contribution in [0, 0.1) is 0 Å². The van der Waals surface area contributed by atoms with Gasteiger partial charge in [0.25, 0.3) is 0 Å². The first-order valence-electron chi connectivity index (χ1n) is 4.77. The van der Waals surface area contributed by atoms with Crippen molar-refractivity contribution in [2.75, 3.05) is 0 Å². The summed E-state index contributed by atoms with van der Waals surface area (Å²) in [5, 5.41) is 0. The van der Waals surface area contributed by atoms with Gasteiger partial charge in [-0.15, -0.1) is 0 Å². The second-order valence-corrected chi connectivity index (χ2v) is 3.55. The molecule has 2 aromatic carbocycles. The molecule has 0 amide bonds. The fraction of sp³-hybridized carbons (Fsp3) is 0.0769. The molecule has 0 aliphatic heterocycles. The highest BCUT2D eigenvalue weighted by molar-refractivity contribution is 6.20. The second kappa shape index (κ2) is 4.85. The van der Waals surface area contributed by atoms with Crippen molar-refractivity contribution in [3.05, 3.63) is 66.2 Å². The third-order valence-electron chi connectivity index (χ3n) is 2.04. The molecule has 0 spiro atoms. The van der Waals surface area contributed by atoms with Crippen molar-refractivity contribution >= 4 is 11.6 Å². The van der Waals surface area contributed by atoms with Gasteiger partial charge in [0.15, 0.2) is 5.56 Å². The predicted molar refractivity (Wildman–Crippen MR) is 62.1 cm³/mol. The van der Waals surface area contributed by atoms with Crippen molar-refractivity contribution in [3.63, 3.8) is 0 Å². The maximum absolute atomic E-state index is 6.12. The largest absolute Gasteiger partial charge is 0.470 e. The van der Waals surface area contributed by atoms with E-state index in [1.807, 2.05) is 60.7 Å². The van der Waals surface area contributed by atoms with Crippen LogP contribution in [0.15, 0.2) is 60.7 Å². The Hall–Kier alpha value is -1.47. The van der Waals surface area contributed by atoms with Gasteiger partial charge in [-0.2, -0.15) is 0 Å². The Labute approximate surface area is 94.3 Å². The van der Waals surface area contributed by atoms with E-state index >= 15 is 0 Å². The summed E-state index contributed by atoms with van der Waals surface area (Å²) in [6.07, 6.45) is 0. The number of hydrogen-bond acceptors (Lipinski definition) is 1. The molecular weight excluding hydrogens is 208 g/mol. The molecule has 2 heteroatoms. The van der Waals surface area contributed by atoms with Crippen molar-refractivity contribution in [3.8, 4) is 5.75 Å². The van der Waals surface area contributed by atoms with Crippen LogP contribution in [-0.4, -0.2) is 0 Å². The Morgan fingerprint density at radius 3 is 1.93 bits per heavy atom. The molecule has 1 nitrogen and oxygen atoms in total. The van der Waals surface area contributed by atoms with Gasteiger partial charge in [0.1, 0.15) is 5.75 Å². The zero-order chi connectivity index (χ0) is 10.5. The molecule has 0 bridgehead atoms. The Morgan fingerprint density at radius 2 is 1.33 bits per heavy atom. The lowest BCUT2D eigenvalue weighted by Gasteiger charge is -2.12. The maximum atomic E-state index is 6.12. The Bertz CT molecular complexity index is 399. The fourth-order valence-electron chi connectivity index (χ4n) is 1.29. The predicted octanol–water partition coefficient (Wildman–Crippen LogP) is 4.00. The molecule has 0 aromatic heterocycles. The van der Waals surface area contributed by atoms with Gasteiger partial charge in [-0.25, -0.2) is 0 Å². The van der Waals surface area contributed by atoms with Crippen LogP contribution < -0.4 is 4.74 Å². The monoisotopic (exact) mass is 218 g/mol. The molecule has 76 valence electrons. The number of alkyl halides is 1. The third kappa shape index (κ3) is 2.74. The average molecular weight is 219 g/mol. The van der Waals surface area contributed by atoms with E-state index in [2.05, 4.69) is 0 Å². The van der Waals surface area contributed by atoms with Gasteiger partial charge >= 0.3 is 0 Å². The Morgan fingerprint density at radius 1 is 0.800 bits per heavy atom. The lowest BCUT2D eigenvalue weighted by Crippen LogP contribution is -1.99. The highest BCUT2D eigenvalue weighted by Crippen LogP contribution is 2.24. The molecule has 0 saturated carbocycles. The second-order valence-electron chi connectivity index (χ2n) is 3.16. The molecule has 2 aromatic rings. The molecule has 2 rings (SSSR count). The third-order valence-corrected chi connectivity index (χ3v) is 2.39. The minimum absolute atomic E-state index is 0.436. The Balaban J connectivity index is 2.08. The van der Waals surface area contributed by atoms with Gasteiger partial charge in [-0.3, -0.25) is 0 Å². The summed E-state index contributed by atoms with van der Waals surface area (Å²) in [5.74, 6) is 0.779. The highest BCUT2D eigenvalue weighted by atomic mass is 35.5. The molecule has 0 N–H and O–H groups in total. The van der Waals surface area contributed by atoms with E-state index in [1.165, 1.54) is 0 Å². The van der Waals surface area contributed by atoms with Crippen LogP contribution in [0.4, 0.5) is 0 Å². The minimum Gasteiger partial charge on any atom is -0.470 e. The summed E-state index contributed by atoms with van der Waals surface area (Å²) in [4.78, 5) is 0. The van der Waals surface area contributed by atoms with Crippen molar-refractivity contribution in [2.45, 2.75) is 5.56 Å². The smallest absolute Gasteiger partial charge is 0.197 e. The van der Waals surface area contributed by atoms with Gasteiger partial charge in [-0.1, -0.05) is 60.1 Å². The van der Waals surface area contributed by atoms with Gasteiger partial charge in [0.2, 0.25) is 0 Å². The molecule has 0 heterocycles. The summed E-state index contributed by atoms with van der Waals surface area (Å²) in [7, 11) is 0. The minimum atomic E-state index is -0.436. The molecule has 1 unspecified atom stereocenters. The molecule has 15 heavy (non-hydrogen) atoms. The van der Waals surface area contributed by atoms with Gasteiger partial charge in [0, 0.05) is 5.56 Å². The first-order chi connectivity index (χ1) is 7.36. The van der Waals surface area contributed by atoms with E-state index in [9.17, 15) is 0 Å². The molecule has 0 aliphatic rings. The summed E-state index contributed by atoms with van der Waals surface area (Å²) < 4.78 is 5.57. The van der Waals surface area contributed by atoms with Crippen LogP contribution in [0.1, 0.15) is 11.1 Å². The SMILES string of the molecule is ClC(Oc1ccccc1)c1ccccc1. The average Bonchev–Trinajstić information content (AvgIpc) is 2.31. The van der Waals surface area contributed by atoms with Crippen molar-refractivity contribution < 1.29 is 4.74 Å². The quantitative estimate of drug-likeness (QED) is 0.708. The number of ether oxygens (including phenoxy) is 1. The summed E-state index contributed by atoms with van der Waals surface area (Å²) >= 11 is 6.12. The number of hydrogen-bond donors (Lipinski definition) is 0. The first kappa shape index (κ1) is 10.1. The number of benzene rings is 2. The van der Waals surface area contributed by atoms with Crippen LogP contribution in [0.3, 0.4) is 0 Å². The van der Waals surface area contributed by atoms with Crippen LogP contribution in [-0.2, 0) is 0 Å². The fourth-order valence-corrected chi connectivity index (χ4v) is 1.54. The topological polar surface area (TPSA) is 9.23 Å². The first-order valence-corrected chi connectivity index (χ1v) is 5.20. The van der Waals surface area contributed by atoms with E-state index in [0.717, 1.165) is 11.3 Å². The van der Waals surface area contributed by atoms with Crippen LogP contribution in [0.2, 0.25) is 0 Å². The van der Waals surface area contributed by atoms with Crippen molar-refractivity contribution in [1.29, 1.82) is 0 Å².